The van der Waals surface area contributed by atoms with Crippen molar-refractivity contribution in [2.24, 2.45) is 12.0 Å². The maximum absolute atomic E-state index is 6.29. The highest BCUT2D eigenvalue weighted by Gasteiger charge is 2.16. The number of guanidine groups is 1. The lowest BCUT2D eigenvalue weighted by Gasteiger charge is -2.20. The fraction of sp³-hybridized carbons (Fsp3) is 0.444. The first-order valence-corrected chi connectivity index (χ1v) is 9.12. The predicted molar refractivity (Wildman–Crippen MR) is 118 cm³/mol. The van der Waals surface area contributed by atoms with Gasteiger partial charge in [-0.15, -0.1) is 24.0 Å². The SMILES string of the molecule is CCNC(=NCc1ccnn1C)NCCc1cc(Cl)c2c(c1)OCCO2.I. The van der Waals surface area contributed by atoms with Gasteiger partial charge in [-0.05, 0) is 37.1 Å². The van der Waals surface area contributed by atoms with Gasteiger partial charge in [0.2, 0.25) is 0 Å². The molecule has 2 aromatic rings. The maximum Gasteiger partial charge on any atom is 0.191 e. The third-order valence-corrected chi connectivity index (χ3v) is 4.31. The lowest BCUT2D eigenvalue weighted by molar-refractivity contribution is 0.171. The Labute approximate surface area is 181 Å². The van der Waals surface area contributed by atoms with Crippen LogP contribution in [0.15, 0.2) is 29.4 Å². The maximum atomic E-state index is 6.29. The van der Waals surface area contributed by atoms with Crippen LogP contribution in [0.2, 0.25) is 5.02 Å². The van der Waals surface area contributed by atoms with Crippen molar-refractivity contribution in [3.05, 3.63) is 40.7 Å². The number of aromatic nitrogens is 2. The Kier molecular flexibility index (Phi) is 8.49. The molecule has 1 aliphatic rings. The van der Waals surface area contributed by atoms with Gasteiger partial charge in [-0.3, -0.25) is 4.68 Å². The summed E-state index contributed by atoms with van der Waals surface area (Å²) in [6.07, 6.45) is 2.57. The highest BCUT2D eigenvalue weighted by Crippen LogP contribution is 2.38. The Balaban J connectivity index is 0.00000261. The number of rotatable bonds is 6. The number of hydrogen-bond donors (Lipinski definition) is 2. The van der Waals surface area contributed by atoms with Gasteiger partial charge in [-0.2, -0.15) is 5.10 Å². The molecule has 2 heterocycles. The van der Waals surface area contributed by atoms with Gasteiger partial charge in [0.25, 0.3) is 0 Å². The minimum Gasteiger partial charge on any atom is -0.486 e. The van der Waals surface area contributed by atoms with Gasteiger partial charge in [-0.1, -0.05) is 11.6 Å². The molecule has 0 saturated carbocycles. The zero-order valence-electron chi connectivity index (χ0n) is 15.5. The molecule has 1 aromatic carbocycles. The lowest BCUT2D eigenvalue weighted by atomic mass is 10.1. The summed E-state index contributed by atoms with van der Waals surface area (Å²) in [5, 5.41) is 11.3. The normalized spacial score (nSPS) is 13.1. The first-order chi connectivity index (χ1) is 12.7. The Bertz CT molecular complexity index is 781. The van der Waals surface area contributed by atoms with E-state index in [4.69, 9.17) is 21.1 Å². The average Bonchev–Trinajstić information content (AvgIpc) is 3.05. The number of aryl methyl sites for hydroxylation is 1. The van der Waals surface area contributed by atoms with Crippen LogP contribution in [0.3, 0.4) is 0 Å². The van der Waals surface area contributed by atoms with Crippen LogP contribution in [0.4, 0.5) is 0 Å². The van der Waals surface area contributed by atoms with Gasteiger partial charge in [0, 0.05) is 26.3 Å². The van der Waals surface area contributed by atoms with Gasteiger partial charge < -0.3 is 20.1 Å². The summed E-state index contributed by atoms with van der Waals surface area (Å²) < 4.78 is 13.0. The van der Waals surface area contributed by atoms with Crippen LogP contribution in [0, 0.1) is 0 Å². The quantitative estimate of drug-likeness (QED) is 0.359. The van der Waals surface area contributed by atoms with Crippen LogP contribution in [-0.2, 0) is 20.0 Å². The second-order valence-corrected chi connectivity index (χ2v) is 6.33. The van der Waals surface area contributed by atoms with Crippen LogP contribution in [0.25, 0.3) is 0 Å². The molecule has 1 aromatic heterocycles. The Morgan fingerprint density at radius 2 is 2.11 bits per heavy atom. The molecule has 0 radical (unpaired) electrons. The van der Waals surface area contributed by atoms with Crippen molar-refractivity contribution in [2.75, 3.05) is 26.3 Å². The van der Waals surface area contributed by atoms with Gasteiger partial charge in [-0.25, -0.2) is 4.99 Å². The fourth-order valence-corrected chi connectivity index (χ4v) is 2.98. The highest BCUT2D eigenvalue weighted by atomic mass is 127. The molecule has 3 rings (SSSR count). The van der Waals surface area contributed by atoms with Crippen molar-refractivity contribution in [3.63, 3.8) is 0 Å². The molecule has 0 saturated heterocycles. The van der Waals surface area contributed by atoms with Crippen LogP contribution in [-0.4, -0.2) is 42.0 Å². The third-order valence-electron chi connectivity index (χ3n) is 4.03. The van der Waals surface area contributed by atoms with Crippen molar-refractivity contribution in [3.8, 4) is 11.5 Å². The summed E-state index contributed by atoms with van der Waals surface area (Å²) >= 11 is 6.29. The summed E-state index contributed by atoms with van der Waals surface area (Å²) in [6, 6.07) is 5.88. The van der Waals surface area contributed by atoms with E-state index in [1.165, 1.54) is 0 Å². The van der Waals surface area contributed by atoms with Gasteiger partial charge in [0.05, 0.1) is 17.3 Å². The number of nitrogens with one attached hydrogen (secondary N) is 2. The second-order valence-electron chi connectivity index (χ2n) is 5.92. The van der Waals surface area contributed by atoms with Gasteiger partial charge in [0.1, 0.15) is 13.2 Å². The summed E-state index contributed by atoms with van der Waals surface area (Å²) in [5.74, 6) is 2.13. The molecule has 148 valence electrons. The van der Waals surface area contributed by atoms with E-state index >= 15 is 0 Å². The minimum atomic E-state index is 0. The van der Waals surface area contributed by atoms with Crippen molar-refractivity contribution in [2.45, 2.75) is 19.9 Å². The molecule has 1 aliphatic heterocycles. The minimum absolute atomic E-state index is 0. The number of hydrogen-bond acceptors (Lipinski definition) is 4. The number of aliphatic imine (C=N–C) groups is 1. The average molecular weight is 506 g/mol. The van der Waals surface area contributed by atoms with E-state index in [2.05, 4.69) is 20.7 Å². The Morgan fingerprint density at radius 3 is 2.85 bits per heavy atom. The molecule has 27 heavy (non-hydrogen) atoms. The number of benzene rings is 1. The van der Waals surface area contributed by atoms with Gasteiger partial charge in [0.15, 0.2) is 17.5 Å². The third kappa shape index (κ3) is 5.90. The standard InChI is InChI=1S/C18H24ClN5O2.HI/c1-3-20-18(22-12-14-5-7-23-24(14)2)21-6-4-13-10-15(19)17-16(11-13)25-8-9-26-17;/h5,7,10-11H,3-4,6,8-9,12H2,1-2H3,(H2,20,21,22);1H. The molecule has 0 bridgehead atoms. The van der Waals surface area contributed by atoms with E-state index < -0.39 is 0 Å². The van der Waals surface area contributed by atoms with E-state index in [0.29, 0.717) is 30.5 Å². The van der Waals surface area contributed by atoms with Gasteiger partial charge >= 0.3 is 0 Å². The summed E-state index contributed by atoms with van der Waals surface area (Å²) in [5.41, 5.74) is 2.15. The zero-order chi connectivity index (χ0) is 18.4. The molecular weight excluding hydrogens is 481 g/mol. The van der Waals surface area contributed by atoms with Crippen LogP contribution in [0.5, 0.6) is 11.5 Å². The molecular formula is C18H25ClIN5O2. The highest BCUT2D eigenvalue weighted by molar-refractivity contribution is 14.0. The van der Waals surface area contributed by atoms with Crippen LogP contribution < -0.4 is 20.1 Å². The molecule has 2 N–H and O–H groups in total. The van der Waals surface area contributed by atoms with E-state index in [9.17, 15) is 0 Å². The van der Waals surface area contributed by atoms with Crippen LogP contribution >= 0.6 is 35.6 Å². The van der Waals surface area contributed by atoms with Crippen molar-refractivity contribution < 1.29 is 9.47 Å². The Morgan fingerprint density at radius 1 is 1.30 bits per heavy atom. The fourth-order valence-electron chi connectivity index (χ4n) is 2.69. The summed E-state index contributed by atoms with van der Waals surface area (Å²) in [4.78, 5) is 4.60. The largest absolute Gasteiger partial charge is 0.486 e. The number of nitrogens with zero attached hydrogens (tertiary/aromatic N) is 3. The molecule has 0 amide bonds. The number of ether oxygens (including phenoxy) is 2. The number of halogens is 2. The van der Waals surface area contributed by atoms with Crippen molar-refractivity contribution in [1.29, 1.82) is 0 Å². The second kappa shape index (κ2) is 10.6. The molecule has 0 aliphatic carbocycles. The van der Waals surface area contributed by atoms with Crippen LogP contribution in [0.1, 0.15) is 18.2 Å². The van der Waals surface area contributed by atoms with Crippen molar-refractivity contribution >= 4 is 41.5 Å². The molecule has 9 heteroatoms. The molecule has 0 spiro atoms. The Hall–Kier alpha value is -1.68. The zero-order valence-corrected chi connectivity index (χ0v) is 18.6. The first kappa shape index (κ1) is 21.6. The molecule has 0 atom stereocenters. The lowest BCUT2D eigenvalue weighted by Crippen LogP contribution is -2.38. The van der Waals surface area contributed by atoms with E-state index in [1.807, 2.05) is 36.9 Å². The topological polar surface area (TPSA) is 72.7 Å². The smallest absolute Gasteiger partial charge is 0.191 e. The summed E-state index contributed by atoms with van der Waals surface area (Å²) in [6.45, 7) is 5.23. The number of fused-ring (bicyclic) bond motifs is 1. The van der Waals surface area contributed by atoms with Crippen molar-refractivity contribution in [1.82, 2.24) is 20.4 Å². The molecule has 0 fully saturated rings. The first-order valence-electron chi connectivity index (χ1n) is 8.74. The summed E-state index contributed by atoms with van der Waals surface area (Å²) in [7, 11) is 1.91. The molecule has 7 nitrogen and oxygen atoms in total. The van der Waals surface area contributed by atoms with E-state index in [1.54, 1.807) is 6.20 Å². The monoisotopic (exact) mass is 505 g/mol. The van der Waals surface area contributed by atoms with E-state index in [0.717, 1.165) is 42.5 Å². The molecule has 0 unspecified atom stereocenters. The predicted octanol–water partition coefficient (Wildman–Crippen LogP) is 2.76. The van der Waals surface area contributed by atoms with E-state index in [-0.39, 0.29) is 24.0 Å².